The van der Waals surface area contributed by atoms with Crippen LogP contribution < -0.4 is 10.5 Å². The normalized spacial score (nSPS) is 10.6. The molecular formula is C13H20N2O3. The van der Waals surface area contributed by atoms with Crippen molar-refractivity contribution in [2.24, 2.45) is 5.73 Å². The molecule has 0 unspecified atom stereocenters. The average molecular weight is 252 g/mol. The minimum absolute atomic E-state index is 0.223. The number of ether oxygens (including phenoxy) is 2. The highest BCUT2D eigenvalue weighted by atomic mass is 16.5. The third-order valence-electron chi connectivity index (χ3n) is 2.53. The van der Waals surface area contributed by atoms with E-state index in [1.165, 1.54) is 0 Å². The molecule has 1 rings (SSSR count). The van der Waals surface area contributed by atoms with Gasteiger partial charge in [0.1, 0.15) is 5.75 Å². The van der Waals surface area contributed by atoms with E-state index < -0.39 is 0 Å². The topological polar surface area (TPSA) is 64.8 Å². The third kappa shape index (κ3) is 5.16. The summed E-state index contributed by atoms with van der Waals surface area (Å²) in [6.45, 7) is 2.10. The second kappa shape index (κ2) is 7.68. The van der Waals surface area contributed by atoms with Crippen LogP contribution in [0.1, 0.15) is 5.56 Å². The Morgan fingerprint density at radius 3 is 2.78 bits per heavy atom. The summed E-state index contributed by atoms with van der Waals surface area (Å²) in [7, 11) is 3.26. The van der Waals surface area contributed by atoms with Gasteiger partial charge in [0.2, 0.25) is 5.91 Å². The number of carbonyl (C=O) groups is 1. The number of primary amides is 1. The van der Waals surface area contributed by atoms with E-state index in [1.807, 2.05) is 29.2 Å². The van der Waals surface area contributed by atoms with Gasteiger partial charge >= 0.3 is 0 Å². The van der Waals surface area contributed by atoms with E-state index >= 15 is 0 Å². The van der Waals surface area contributed by atoms with Gasteiger partial charge in [-0.1, -0.05) is 12.1 Å². The second-order valence-electron chi connectivity index (χ2n) is 4.02. The van der Waals surface area contributed by atoms with Gasteiger partial charge in [-0.15, -0.1) is 0 Å². The summed E-state index contributed by atoms with van der Waals surface area (Å²) in [5.74, 6) is 0.465. The largest absolute Gasteiger partial charge is 0.497 e. The molecule has 0 aliphatic carbocycles. The van der Waals surface area contributed by atoms with E-state index in [4.69, 9.17) is 15.2 Å². The minimum atomic E-state index is -0.339. The Balaban J connectivity index is 2.65. The van der Waals surface area contributed by atoms with Crippen LogP contribution in [0, 0.1) is 0 Å². The third-order valence-corrected chi connectivity index (χ3v) is 2.53. The van der Waals surface area contributed by atoms with Crippen LogP contribution in [-0.4, -0.2) is 44.7 Å². The lowest BCUT2D eigenvalue weighted by molar-refractivity contribution is -0.119. The van der Waals surface area contributed by atoms with Gasteiger partial charge in [0, 0.05) is 20.2 Å². The molecule has 0 atom stereocenters. The summed E-state index contributed by atoms with van der Waals surface area (Å²) in [5.41, 5.74) is 6.30. The van der Waals surface area contributed by atoms with Crippen LogP contribution in [-0.2, 0) is 16.1 Å². The molecule has 18 heavy (non-hydrogen) atoms. The van der Waals surface area contributed by atoms with Gasteiger partial charge in [-0.05, 0) is 17.7 Å². The number of benzene rings is 1. The molecular weight excluding hydrogens is 232 g/mol. The highest BCUT2D eigenvalue weighted by Crippen LogP contribution is 2.14. The number of hydrogen-bond acceptors (Lipinski definition) is 4. The van der Waals surface area contributed by atoms with Crippen LogP contribution in [0.3, 0.4) is 0 Å². The summed E-state index contributed by atoms with van der Waals surface area (Å²) in [5, 5.41) is 0. The maximum Gasteiger partial charge on any atom is 0.231 e. The summed E-state index contributed by atoms with van der Waals surface area (Å²) in [4.78, 5) is 12.9. The Kier molecular flexibility index (Phi) is 6.18. The Bertz CT molecular complexity index is 382. The van der Waals surface area contributed by atoms with E-state index in [9.17, 15) is 4.79 Å². The molecule has 2 N–H and O–H groups in total. The Hall–Kier alpha value is -1.59. The van der Waals surface area contributed by atoms with Crippen molar-refractivity contribution in [2.75, 3.05) is 33.9 Å². The molecule has 0 bridgehead atoms. The summed E-state index contributed by atoms with van der Waals surface area (Å²) in [6.07, 6.45) is 0. The number of rotatable bonds is 8. The molecule has 0 saturated heterocycles. The van der Waals surface area contributed by atoms with Gasteiger partial charge < -0.3 is 15.2 Å². The summed E-state index contributed by atoms with van der Waals surface area (Å²) >= 11 is 0. The standard InChI is InChI=1S/C13H20N2O3/c1-17-7-6-15(10-13(14)16)9-11-4-3-5-12(8-11)18-2/h3-5,8H,6-7,9-10H2,1-2H3,(H2,14,16). The molecule has 1 amide bonds. The first-order valence-corrected chi connectivity index (χ1v) is 5.78. The zero-order chi connectivity index (χ0) is 13.4. The van der Waals surface area contributed by atoms with Crippen LogP contribution in [0.5, 0.6) is 5.75 Å². The molecule has 5 nitrogen and oxygen atoms in total. The maximum atomic E-state index is 11.0. The van der Waals surface area contributed by atoms with Gasteiger partial charge in [-0.2, -0.15) is 0 Å². The van der Waals surface area contributed by atoms with E-state index in [1.54, 1.807) is 14.2 Å². The summed E-state index contributed by atoms with van der Waals surface area (Å²) < 4.78 is 10.2. The van der Waals surface area contributed by atoms with E-state index in [-0.39, 0.29) is 12.5 Å². The van der Waals surface area contributed by atoms with Crippen molar-refractivity contribution in [3.05, 3.63) is 29.8 Å². The number of methoxy groups -OCH3 is 2. The van der Waals surface area contributed by atoms with Crippen molar-refractivity contribution in [1.82, 2.24) is 4.90 Å². The first-order chi connectivity index (χ1) is 8.65. The molecule has 100 valence electrons. The van der Waals surface area contributed by atoms with Gasteiger partial charge in [0.05, 0.1) is 20.3 Å². The fraction of sp³-hybridized carbons (Fsp3) is 0.462. The first-order valence-electron chi connectivity index (χ1n) is 5.78. The van der Waals surface area contributed by atoms with Crippen molar-refractivity contribution in [3.8, 4) is 5.75 Å². The van der Waals surface area contributed by atoms with Gasteiger partial charge in [-0.25, -0.2) is 0 Å². The SMILES string of the molecule is COCCN(CC(N)=O)Cc1cccc(OC)c1. The fourth-order valence-corrected chi connectivity index (χ4v) is 1.68. The quantitative estimate of drug-likeness (QED) is 0.737. The van der Waals surface area contributed by atoms with Crippen LogP contribution in [0.25, 0.3) is 0 Å². The molecule has 1 aromatic rings. The van der Waals surface area contributed by atoms with Crippen molar-refractivity contribution in [3.63, 3.8) is 0 Å². The molecule has 0 saturated carbocycles. The average Bonchev–Trinajstić information content (AvgIpc) is 2.35. The van der Waals surface area contributed by atoms with E-state index in [0.29, 0.717) is 19.7 Å². The molecule has 0 fully saturated rings. The van der Waals surface area contributed by atoms with Gasteiger partial charge in [0.25, 0.3) is 0 Å². The van der Waals surface area contributed by atoms with Crippen LogP contribution >= 0.6 is 0 Å². The van der Waals surface area contributed by atoms with Crippen molar-refractivity contribution < 1.29 is 14.3 Å². The Morgan fingerprint density at radius 2 is 2.17 bits per heavy atom. The van der Waals surface area contributed by atoms with Crippen molar-refractivity contribution >= 4 is 5.91 Å². The Labute approximate surface area is 107 Å². The number of carbonyl (C=O) groups excluding carboxylic acids is 1. The van der Waals surface area contributed by atoms with Crippen LogP contribution in [0.2, 0.25) is 0 Å². The lowest BCUT2D eigenvalue weighted by Gasteiger charge is -2.20. The number of nitrogens with two attached hydrogens (primary N) is 1. The fourth-order valence-electron chi connectivity index (χ4n) is 1.68. The highest BCUT2D eigenvalue weighted by molar-refractivity contribution is 5.75. The van der Waals surface area contributed by atoms with Crippen LogP contribution in [0.4, 0.5) is 0 Å². The smallest absolute Gasteiger partial charge is 0.231 e. The molecule has 0 radical (unpaired) electrons. The predicted octanol–water partition coefficient (Wildman–Crippen LogP) is 0.629. The molecule has 0 spiro atoms. The van der Waals surface area contributed by atoms with Crippen molar-refractivity contribution in [1.29, 1.82) is 0 Å². The molecule has 0 heterocycles. The Morgan fingerprint density at radius 1 is 1.39 bits per heavy atom. The minimum Gasteiger partial charge on any atom is -0.497 e. The second-order valence-corrected chi connectivity index (χ2v) is 4.02. The maximum absolute atomic E-state index is 11.0. The van der Waals surface area contributed by atoms with E-state index in [2.05, 4.69) is 0 Å². The number of hydrogen-bond donors (Lipinski definition) is 1. The predicted molar refractivity (Wildman–Crippen MR) is 69.3 cm³/mol. The zero-order valence-electron chi connectivity index (χ0n) is 10.9. The summed E-state index contributed by atoms with van der Waals surface area (Å²) in [6, 6.07) is 7.74. The number of amides is 1. The van der Waals surface area contributed by atoms with Gasteiger partial charge in [0.15, 0.2) is 0 Å². The monoisotopic (exact) mass is 252 g/mol. The van der Waals surface area contributed by atoms with Crippen molar-refractivity contribution in [2.45, 2.75) is 6.54 Å². The molecule has 0 aromatic heterocycles. The molecule has 0 aliphatic heterocycles. The lowest BCUT2D eigenvalue weighted by atomic mass is 10.2. The van der Waals surface area contributed by atoms with E-state index in [0.717, 1.165) is 11.3 Å². The first kappa shape index (κ1) is 14.5. The van der Waals surface area contributed by atoms with Crippen LogP contribution in [0.15, 0.2) is 24.3 Å². The molecule has 1 aromatic carbocycles. The lowest BCUT2D eigenvalue weighted by Crippen LogP contribution is -2.35. The van der Waals surface area contributed by atoms with Gasteiger partial charge in [-0.3, -0.25) is 9.69 Å². The highest BCUT2D eigenvalue weighted by Gasteiger charge is 2.09. The zero-order valence-corrected chi connectivity index (χ0v) is 10.9. The molecule has 0 aliphatic rings. The number of nitrogens with zero attached hydrogens (tertiary/aromatic N) is 1. The molecule has 5 heteroatoms.